The van der Waals surface area contributed by atoms with E-state index in [4.69, 9.17) is 14.9 Å². The van der Waals surface area contributed by atoms with E-state index < -0.39 is 12.0 Å². The Morgan fingerprint density at radius 1 is 1.26 bits per heavy atom. The number of rotatable bonds is 11. The second kappa shape index (κ2) is 10.2. The molecule has 5 heteroatoms. The van der Waals surface area contributed by atoms with Crippen molar-refractivity contribution in [1.29, 1.82) is 0 Å². The number of ether oxygens (including phenoxy) is 1. The fourth-order valence-corrected chi connectivity index (χ4v) is 1.79. The molecule has 0 fully saturated rings. The second-order valence-corrected chi connectivity index (χ2v) is 5.99. The van der Waals surface area contributed by atoms with Gasteiger partial charge in [0.1, 0.15) is 6.04 Å². The minimum Gasteiger partial charge on any atom is -0.480 e. The highest BCUT2D eigenvalue weighted by Crippen LogP contribution is 2.22. The van der Waals surface area contributed by atoms with Gasteiger partial charge in [-0.25, -0.2) is 0 Å². The van der Waals surface area contributed by atoms with Gasteiger partial charge < -0.3 is 20.3 Å². The van der Waals surface area contributed by atoms with E-state index in [1.807, 2.05) is 0 Å². The Hall–Kier alpha value is -0.650. The predicted octanol–water partition coefficient (Wildman–Crippen LogP) is 1.64. The van der Waals surface area contributed by atoms with Crippen molar-refractivity contribution in [2.24, 2.45) is 5.41 Å². The standard InChI is InChI=1S/C14H29NO4/c1-14(2,3)7-5-4-6-12(13(17)18)15-8-10-19-11-9-16/h12,15-16H,4-11H2,1-3H3,(H,17,18). The third-order valence-electron chi connectivity index (χ3n) is 2.84. The van der Waals surface area contributed by atoms with E-state index in [0.29, 0.717) is 31.6 Å². The summed E-state index contributed by atoms with van der Waals surface area (Å²) >= 11 is 0. The van der Waals surface area contributed by atoms with Crippen LogP contribution in [0.25, 0.3) is 0 Å². The van der Waals surface area contributed by atoms with E-state index in [9.17, 15) is 4.79 Å². The molecular weight excluding hydrogens is 246 g/mol. The molecule has 0 bridgehead atoms. The molecule has 0 aromatic carbocycles. The largest absolute Gasteiger partial charge is 0.480 e. The normalized spacial score (nSPS) is 13.5. The molecule has 0 saturated heterocycles. The molecule has 0 rings (SSSR count). The van der Waals surface area contributed by atoms with E-state index in [-0.39, 0.29) is 6.61 Å². The lowest BCUT2D eigenvalue weighted by Gasteiger charge is -2.19. The van der Waals surface area contributed by atoms with Crippen molar-refractivity contribution in [2.45, 2.75) is 52.5 Å². The van der Waals surface area contributed by atoms with Crippen LogP contribution in [0.5, 0.6) is 0 Å². The maximum atomic E-state index is 11.1. The Balaban J connectivity index is 3.72. The summed E-state index contributed by atoms with van der Waals surface area (Å²) in [7, 11) is 0. The van der Waals surface area contributed by atoms with E-state index in [1.54, 1.807) is 0 Å². The van der Waals surface area contributed by atoms with Crippen LogP contribution in [0.4, 0.5) is 0 Å². The number of unbranched alkanes of at least 4 members (excludes halogenated alkanes) is 1. The Morgan fingerprint density at radius 2 is 1.95 bits per heavy atom. The summed E-state index contributed by atoms with van der Waals surface area (Å²) < 4.78 is 5.08. The molecular formula is C14H29NO4. The van der Waals surface area contributed by atoms with Crippen LogP contribution in [0.15, 0.2) is 0 Å². The van der Waals surface area contributed by atoms with Gasteiger partial charge in [0.2, 0.25) is 0 Å². The molecule has 0 heterocycles. The van der Waals surface area contributed by atoms with Crippen molar-refractivity contribution in [1.82, 2.24) is 5.32 Å². The lowest BCUT2D eigenvalue weighted by Crippen LogP contribution is -2.38. The number of aliphatic hydroxyl groups is 1. The molecule has 0 aliphatic carbocycles. The number of nitrogens with one attached hydrogen (secondary N) is 1. The quantitative estimate of drug-likeness (QED) is 0.500. The SMILES string of the molecule is CC(C)(C)CCCCC(NCCOCCO)C(=O)O. The second-order valence-electron chi connectivity index (χ2n) is 5.99. The summed E-state index contributed by atoms with van der Waals surface area (Å²) in [6.07, 6.45) is 3.72. The highest BCUT2D eigenvalue weighted by molar-refractivity contribution is 5.73. The van der Waals surface area contributed by atoms with E-state index in [0.717, 1.165) is 19.3 Å². The Morgan fingerprint density at radius 3 is 2.47 bits per heavy atom. The highest BCUT2D eigenvalue weighted by Gasteiger charge is 2.16. The number of carboxylic acids is 1. The van der Waals surface area contributed by atoms with Gasteiger partial charge in [0.05, 0.1) is 19.8 Å². The molecule has 3 N–H and O–H groups in total. The Kier molecular flexibility index (Phi) is 9.83. The molecule has 0 aromatic rings. The first-order valence-corrected chi connectivity index (χ1v) is 7.01. The van der Waals surface area contributed by atoms with Crippen LogP contribution in [0, 0.1) is 5.41 Å². The molecule has 5 nitrogen and oxygen atoms in total. The topological polar surface area (TPSA) is 78.8 Å². The van der Waals surface area contributed by atoms with Gasteiger partial charge in [-0.05, 0) is 18.3 Å². The van der Waals surface area contributed by atoms with Gasteiger partial charge in [0.25, 0.3) is 0 Å². The average Bonchev–Trinajstić information content (AvgIpc) is 2.29. The van der Waals surface area contributed by atoms with Crippen LogP contribution in [0.3, 0.4) is 0 Å². The average molecular weight is 275 g/mol. The van der Waals surface area contributed by atoms with Crippen molar-refractivity contribution >= 4 is 5.97 Å². The van der Waals surface area contributed by atoms with Crippen LogP contribution >= 0.6 is 0 Å². The molecule has 0 aromatic heterocycles. The van der Waals surface area contributed by atoms with Crippen molar-refractivity contribution < 1.29 is 19.7 Å². The summed E-state index contributed by atoms with van der Waals surface area (Å²) in [6, 6.07) is -0.502. The molecule has 0 spiro atoms. The van der Waals surface area contributed by atoms with Gasteiger partial charge in [0, 0.05) is 6.54 Å². The smallest absolute Gasteiger partial charge is 0.320 e. The summed E-state index contributed by atoms with van der Waals surface area (Å²) in [5.41, 5.74) is 0.310. The van der Waals surface area contributed by atoms with Crippen molar-refractivity contribution in [2.75, 3.05) is 26.4 Å². The third-order valence-corrected chi connectivity index (χ3v) is 2.84. The molecule has 0 aliphatic heterocycles. The maximum Gasteiger partial charge on any atom is 0.320 e. The fourth-order valence-electron chi connectivity index (χ4n) is 1.79. The van der Waals surface area contributed by atoms with Crippen LogP contribution in [0.2, 0.25) is 0 Å². The first kappa shape index (κ1) is 18.4. The number of aliphatic hydroxyl groups excluding tert-OH is 1. The minimum absolute atomic E-state index is 0.00480. The van der Waals surface area contributed by atoms with Gasteiger partial charge in [0.15, 0.2) is 0 Å². The summed E-state index contributed by atoms with van der Waals surface area (Å²) in [5, 5.41) is 20.6. The molecule has 0 amide bonds. The van der Waals surface area contributed by atoms with Crippen LogP contribution in [0.1, 0.15) is 46.5 Å². The minimum atomic E-state index is -0.807. The number of carboxylic acid groups (broad SMARTS) is 1. The number of carbonyl (C=O) groups is 1. The van der Waals surface area contributed by atoms with E-state index >= 15 is 0 Å². The first-order valence-electron chi connectivity index (χ1n) is 7.01. The maximum absolute atomic E-state index is 11.1. The zero-order chi connectivity index (χ0) is 14.7. The molecule has 0 aliphatic rings. The van der Waals surface area contributed by atoms with Crippen LogP contribution in [-0.4, -0.2) is 48.6 Å². The summed E-state index contributed by atoms with van der Waals surface area (Å²) in [6.45, 7) is 7.79. The van der Waals surface area contributed by atoms with Gasteiger partial charge in [-0.15, -0.1) is 0 Å². The molecule has 19 heavy (non-hydrogen) atoms. The molecule has 1 atom stereocenters. The van der Waals surface area contributed by atoms with Crippen molar-refractivity contribution in [3.05, 3.63) is 0 Å². The van der Waals surface area contributed by atoms with Crippen molar-refractivity contribution in [3.63, 3.8) is 0 Å². The zero-order valence-electron chi connectivity index (χ0n) is 12.4. The number of aliphatic carboxylic acids is 1. The van der Waals surface area contributed by atoms with Crippen LogP contribution < -0.4 is 5.32 Å². The molecule has 0 saturated carbocycles. The van der Waals surface area contributed by atoms with Gasteiger partial charge >= 0.3 is 5.97 Å². The Labute approximate surface area is 116 Å². The van der Waals surface area contributed by atoms with Gasteiger partial charge in [-0.2, -0.15) is 0 Å². The Bertz CT molecular complexity index is 238. The first-order chi connectivity index (χ1) is 8.87. The zero-order valence-corrected chi connectivity index (χ0v) is 12.4. The highest BCUT2D eigenvalue weighted by atomic mass is 16.5. The number of hydrogen-bond acceptors (Lipinski definition) is 4. The lowest BCUT2D eigenvalue weighted by molar-refractivity contribution is -0.139. The monoisotopic (exact) mass is 275 g/mol. The molecule has 1 unspecified atom stereocenters. The summed E-state index contributed by atoms with van der Waals surface area (Å²) in [5.74, 6) is -0.807. The lowest BCUT2D eigenvalue weighted by atomic mass is 9.89. The van der Waals surface area contributed by atoms with E-state index in [2.05, 4.69) is 26.1 Å². The van der Waals surface area contributed by atoms with Crippen molar-refractivity contribution in [3.8, 4) is 0 Å². The fraction of sp³-hybridized carbons (Fsp3) is 0.929. The van der Waals surface area contributed by atoms with Gasteiger partial charge in [-0.3, -0.25) is 4.79 Å². The predicted molar refractivity (Wildman–Crippen MR) is 75.3 cm³/mol. The number of hydrogen-bond donors (Lipinski definition) is 3. The van der Waals surface area contributed by atoms with Gasteiger partial charge in [-0.1, -0.05) is 33.6 Å². The molecule has 0 radical (unpaired) electrons. The molecule has 114 valence electrons. The summed E-state index contributed by atoms with van der Waals surface area (Å²) in [4.78, 5) is 11.1. The third kappa shape index (κ3) is 12.1. The van der Waals surface area contributed by atoms with Crippen LogP contribution in [-0.2, 0) is 9.53 Å². The van der Waals surface area contributed by atoms with E-state index in [1.165, 1.54) is 0 Å².